The second-order valence-electron chi connectivity index (χ2n) is 4.00. The second-order valence-corrected chi connectivity index (χ2v) is 4.00. The number of aryl methyl sites for hydroxylation is 1. The molecule has 0 aliphatic rings. The Labute approximate surface area is 105 Å². The average molecular weight is 246 g/mol. The maximum Gasteiger partial charge on any atom is 0.344 e. The van der Waals surface area contributed by atoms with Gasteiger partial charge in [0.2, 0.25) is 5.88 Å². The summed E-state index contributed by atoms with van der Waals surface area (Å²) in [6.45, 7) is 3.31. The van der Waals surface area contributed by atoms with Crippen LogP contribution in [-0.2, 0) is 4.79 Å². The summed E-state index contributed by atoms with van der Waals surface area (Å²) in [7, 11) is 0. The summed E-state index contributed by atoms with van der Waals surface area (Å²) in [5, 5.41) is 13.0. The smallest absolute Gasteiger partial charge is 0.344 e. The number of rotatable bonds is 4. The van der Waals surface area contributed by atoms with Gasteiger partial charge in [0.1, 0.15) is 0 Å². The number of benzene rings is 1. The van der Waals surface area contributed by atoms with Crippen LogP contribution in [0.4, 0.5) is 0 Å². The number of hydrogen-bond donors (Lipinski definition) is 1. The van der Waals surface area contributed by atoms with Crippen molar-refractivity contribution in [3.63, 3.8) is 0 Å². The van der Waals surface area contributed by atoms with Gasteiger partial charge in [0.25, 0.3) is 0 Å². The summed E-state index contributed by atoms with van der Waals surface area (Å²) < 4.78 is 6.94. The van der Waals surface area contributed by atoms with Crippen molar-refractivity contribution in [3.05, 3.63) is 42.1 Å². The Balaban J connectivity index is 2.25. The lowest BCUT2D eigenvalue weighted by Crippen LogP contribution is -2.23. The predicted octanol–water partition coefficient (Wildman–Crippen LogP) is 2.03. The van der Waals surface area contributed by atoms with Crippen LogP contribution in [-0.4, -0.2) is 27.0 Å². The van der Waals surface area contributed by atoms with E-state index in [-0.39, 0.29) is 0 Å². The highest BCUT2D eigenvalue weighted by Crippen LogP contribution is 2.18. The summed E-state index contributed by atoms with van der Waals surface area (Å²) in [5.41, 5.74) is 1.70. The Morgan fingerprint density at radius 2 is 2.06 bits per heavy atom. The summed E-state index contributed by atoms with van der Waals surface area (Å²) in [4.78, 5) is 10.7. The van der Waals surface area contributed by atoms with Gasteiger partial charge in [-0.2, -0.15) is 0 Å². The van der Waals surface area contributed by atoms with Gasteiger partial charge < -0.3 is 9.84 Å². The highest BCUT2D eigenvalue weighted by atomic mass is 16.5. The van der Waals surface area contributed by atoms with Gasteiger partial charge in [-0.05, 0) is 26.0 Å². The first-order valence-corrected chi connectivity index (χ1v) is 5.59. The molecule has 0 amide bonds. The lowest BCUT2D eigenvalue weighted by Gasteiger charge is -2.07. The molecule has 0 saturated heterocycles. The van der Waals surface area contributed by atoms with E-state index >= 15 is 0 Å². The molecule has 1 atom stereocenters. The molecule has 0 unspecified atom stereocenters. The molecule has 0 spiro atoms. The fourth-order valence-electron chi connectivity index (χ4n) is 1.49. The monoisotopic (exact) mass is 246 g/mol. The van der Waals surface area contributed by atoms with E-state index in [1.807, 2.05) is 37.3 Å². The number of ether oxygens (including phenoxy) is 1. The lowest BCUT2D eigenvalue weighted by molar-refractivity contribution is -0.144. The third-order valence-corrected chi connectivity index (χ3v) is 2.51. The minimum Gasteiger partial charge on any atom is -0.479 e. The van der Waals surface area contributed by atoms with Crippen LogP contribution in [0.15, 0.2) is 36.5 Å². The molecule has 0 bridgehead atoms. The first-order valence-electron chi connectivity index (χ1n) is 5.59. The van der Waals surface area contributed by atoms with Crippen molar-refractivity contribution < 1.29 is 14.6 Å². The highest BCUT2D eigenvalue weighted by Gasteiger charge is 2.16. The van der Waals surface area contributed by atoms with Crippen LogP contribution in [0.5, 0.6) is 5.88 Å². The van der Waals surface area contributed by atoms with E-state index in [0.717, 1.165) is 11.3 Å². The van der Waals surface area contributed by atoms with E-state index in [9.17, 15) is 4.79 Å². The van der Waals surface area contributed by atoms with Crippen LogP contribution in [0.1, 0.15) is 12.5 Å². The van der Waals surface area contributed by atoms with Crippen molar-refractivity contribution >= 4 is 5.97 Å². The largest absolute Gasteiger partial charge is 0.479 e. The number of carboxylic acids is 1. The van der Waals surface area contributed by atoms with E-state index in [4.69, 9.17) is 9.84 Å². The molecule has 0 aliphatic heterocycles. The Hall–Kier alpha value is -2.30. The lowest BCUT2D eigenvalue weighted by atomic mass is 10.3. The summed E-state index contributed by atoms with van der Waals surface area (Å²) in [6, 6.07) is 9.57. The molecule has 2 aromatic rings. The fourth-order valence-corrected chi connectivity index (χ4v) is 1.49. The quantitative estimate of drug-likeness (QED) is 0.896. The zero-order valence-electron chi connectivity index (χ0n) is 10.2. The average Bonchev–Trinajstić information content (AvgIpc) is 2.72. The van der Waals surface area contributed by atoms with Gasteiger partial charge in [-0.3, -0.25) is 0 Å². The van der Waals surface area contributed by atoms with Gasteiger partial charge >= 0.3 is 5.97 Å². The third-order valence-electron chi connectivity index (χ3n) is 2.51. The molecule has 0 saturated carbocycles. The molecule has 2 rings (SSSR count). The van der Waals surface area contributed by atoms with E-state index in [0.29, 0.717) is 5.88 Å². The van der Waals surface area contributed by atoms with E-state index in [2.05, 4.69) is 5.10 Å². The molecular weight excluding hydrogens is 232 g/mol. The molecule has 1 N–H and O–H groups in total. The Kier molecular flexibility index (Phi) is 3.32. The maximum absolute atomic E-state index is 10.7. The Bertz CT molecular complexity index is 549. The minimum absolute atomic E-state index is 0.341. The summed E-state index contributed by atoms with van der Waals surface area (Å²) in [6.07, 6.45) is 0.891. The van der Waals surface area contributed by atoms with Crippen molar-refractivity contribution in [1.29, 1.82) is 0 Å². The summed E-state index contributed by atoms with van der Waals surface area (Å²) in [5.74, 6) is -0.669. The van der Waals surface area contributed by atoms with Crippen LogP contribution >= 0.6 is 0 Å². The first kappa shape index (κ1) is 12.2. The molecule has 5 heteroatoms. The zero-order chi connectivity index (χ0) is 13.1. The molecular formula is C13H14N2O3. The molecule has 0 fully saturated rings. The SMILES string of the molecule is Cc1cn(-c2ccccc2)nc1O[C@H](C)C(=O)O. The summed E-state index contributed by atoms with van der Waals surface area (Å²) >= 11 is 0. The van der Waals surface area contributed by atoms with Crippen molar-refractivity contribution in [2.75, 3.05) is 0 Å². The number of carboxylic acid groups (broad SMARTS) is 1. The van der Waals surface area contributed by atoms with Crippen molar-refractivity contribution in [2.24, 2.45) is 0 Å². The number of aromatic nitrogens is 2. The molecule has 94 valence electrons. The maximum atomic E-state index is 10.7. The molecule has 1 aromatic carbocycles. The number of hydrogen-bond acceptors (Lipinski definition) is 3. The topological polar surface area (TPSA) is 64.4 Å². The molecule has 1 heterocycles. The van der Waals surface area contributed by atoms with Gasteiger partial charge in [0.15, 0.2) is 6.10 Å². The second kappa shape index (κ2) is 4.91. The number of carbonyl (C=O) groups is 1. The molecule has 0 radical (unpaired) electrons. The van der Waals surface area contributed by atoms with Gasteiger partial charge in [-0.1, -0.05) is 18.2 Å². The normalized spacial score (nSPS) is 12.1. The van der Waals surface area contributed by atoms with Crippen LogP contribution in [0.3, 0.4) is 0 Å². The Morgan fingerprint density at radius 1 is 1.39 bits per heavy atom. The van der Waals surface area contributed by atoms with Gasteiger partial charge in [-0.15, -0.1) is 5.10 Å². The fraction of sp³-hybridized carbons (Fsp3) is 0.231. The molecule has 0 aliphatic carbocycles. The van der Waals surface area contributed by atoms with Gasteiger partial charge in [-0.25, -0.2) is 9.48 Å². The first-order chi connectivity index (χ1) is 8.58. The minimum atomic E-state index is -1.01. The number of para-hydroxylation sites is 1. The van der Waals surface area contributed by atoms with Crippen LogP contribution in [0.2, 0.25) is 0 Å². The van der Waals surface area contributed by atoms with E-state index in [1.165, 1.54) is 6.92 Å². The van der Waals surface area contributed by atoms with Crippen molar-refractivity contribution in [3.8, 4) is 11.6 Å². The molecule has 1 aromatic heterocycles. The van der Waals surface area contributed by atoms with Gasteiger partial charge in [0, 0.05) is 11.8 Å². The molecule has 18 heavy (non-hydrogen) atoms. The standard InChI is InChI=1S/C13H14N2O3/c1-9-8-15(11-6-4-3-5-7-11)14-12(9)18-10(2)13(16)17/h3-8,10H,1-2H3,(H,16,17)/t10-/m1/s1. The predicted molar refractivity (Wildman–Crippen MR) is 66.0 cm³/mol. The number of nitrogens with zero attached hydrogens (tertiary/aromatic N) is 2. The van der Waals surface area contributed by atoms with Crippen LogP contribution in [0.25, 0.3) is 5.69 Å². The van der Waals surface area contributed by atoms with Crippen molar-refractivity contribution in [2.45, 2.75) is 20.0 Å². The Morgan fingerprint density at radius 3 is 2.67 bits per heavy atom. The molecule has 5 nitrogen and oxygen atoms in total. The van der Waals surface area contributed by atoms with E-state index in [1.54, 1.807) is 10.9 Å². The van der Waals surface area contributed by atoms with Gasteiger partial charge in [0.05, 0.1) is 5.69 Å². The van der Waals surface area contributed by atoms with Crippen LogP contribution in [0, 0.1) is 6.92 Å². The number of aliphatic carboxylic acids is 1. The van der Waals surface area contributed by atoms with E-state index < -0.39 is 12.1 Å². The third kappa shape index (κ3) is 2.51. The van der Waals surface area contributed by atoms with Crippen molar-refractivity contribution in [1.82, 2.24) is 9.78 Å². The highest BCUT2D eigenvalue weighted by molar-refractivity contribution is 5.72. The van der Waals surface area contributed by atoms with Crippen LogP contribution < -0.4 is 4.74 Å². The zero-order valence-corrected chi connectivity index (χ0v) is 10.2.